The fraction of sp³-hybridized carbons (Fsp3) is 0.286. The molecule has 0 unspecified atom stereocenters. The van der Waals surface area contributed by atoms with E-state index in [1.807, 2.05) is 24.3 Å². The molecule has 44 heavy (non-hydrogen) atoms. The molecule has 2 rings (SSSR count). The lowest BCUT2D eigenvalue weighted by atomic mass is 10.1. The van der Waals surface area contributed by atoms with E-state index in [2.05, 4.69) is 155 Å². The van der Waals surface area contributed by atoms with Crippen molar-refractivity contribution in [3.63, 3.8) is 0 Å². The van der Waals surface area contributed by atoms with E-state index in [1.165, 1.54) is 32.8 Å². The summed E-state index contributed by atoms with van der Waals surface area (Å²) >= 11 is 4.59. The van der Waals surface area contributed by atoms with Crippen LogP contribution in [0.3, 0.4) is 0 Å². The molecule has 0 aliphatic heterocycles. The molecular formula is C42H42I2. The monoisotopic (exact) mass is 800 g/mol. The van der Waals surface area contributed by atoms with Crippen LogP contribution in [0.25, 0.3) is 0 Å². The topological polar surface area (TPSA) is 0 Å². The second kappa shape index (κ2) is 32.4. The summed E-state index contributed by atoms with van der Waals surface area (Å²) in [6, 6.07) is 16.3. The predicted octanol–water partition coefficient (Wildman–Crippen LogP) is 11.2. The average molecular weight is 801 g/mol. The molecule has 0 fully saturated rings. The van der Waals surface area contributed by atoms with E-state index in [1.54, 1.807) is 36.5 Å². The Kier molecular flexibility index (Phi) is 29.8. The lowest BCUT2D eigenvalue weighted by molar-refractivity contribution is 0.828. The fourth-order valence-electron chi connectivity index (χ4n) is 2.76. The van der Waals surface area contributed by atoms with E-state index < -0.39 is 0 Å². The molecule has 0 aromatic heterocycles. The molecule has 0 heterocycles. The van der Waals surface area contributed by atoms with Gasteiger partial charge in [-0.05, 0) is 149 Å². The Bertz CT molecular complexity index is 1390. The summed E-state index contributed by atoms with van der Waals surface area (Å²) in [5, 5.41) is 0. The summed E-state index contributed by atoms with van der Waals surface area (Å²) in [6.45, 7) is 6.49. The van der Waals surface area contributed by atoms with Crippen LogP contribution in [0, 0.1) is 78.7 Å². The minimum atomic E-state index is 0.956. The van der Waals surface area contributed by atoms with Gasteiger partial charge in [0.15, 0.2) is 0 Å². The number of unbranched alkanes of at least 4 members (excludes halogenated alkanes) is 6. The Labute approximate surface area is 296 Å². The number of rotatable bonds is 6. The number of halogens is 2. The van der Waals surface area contributed by atoms with Crippen LogP contribution in [0.15, 0.2) is 85.0 Å². The lowest BCUT2D eigenvalue weighted by Gasteiger charge is -1.90. The molecule has 0 N–H and O–H groups in total. The molecule has 0 aliphatic carbocycles. The van der Waals surface area contributed by atoms with E-state index in [-0.39, 0.29) is 0 Å². The van der Waals surface area contributed by atoms with Crippen LogP contribution < -0.4 is 0 Å². The molecule has 2 aromatic carbocycles. The Morgan fingerprint density at radius 2 is 0.818 bits per heavy atom. The minimum Gasteiger partial charge on any atom is -0.115 e. The highest BCUT2D eigenvalue weighted by Crippen LogP contribution is 2.07. The van der Waals surface area contributed by atoms with Crippen LogP contribution in [0.4, 0.5) is 0 Å². The molecule has 0 atom stereocenters. The third-order valence-electron chi connectivity index (χ3n) is 5.16. The van der Waals surface area contributed by atoms with E-state index in [0.717, 1.165) is 43.2 Å². The highest BCUT2D eigenvalue weighted by Gasteiger charge is 1.87. The number of hydrogen-bond donors (Lipinski definition) is 0. The molecule has 2 aromatic rings. The first-order valence-electron chi connectivity index (χ1n) is 15.0. The largest absolute Gasteiger partial charge is 0.115 e. The Hall–Kier alpha value is -3.52. The molecule has 0 radical (unpaired) electrons. The van der Waals surface area contributed by atoms with Crippen molar-refractivity contribution in [1.82, 2.24) is 0 Å². The van der Waals surface area contributed by atoms with Crippen molar-refractivity contribution in [3.05, 3.63) is 103 Å². The van der Waals surface area contributed by atoms with Crippen molar-refractivity contribution in [2.75, 3.05) is 0 Å². The maximum absolute atomic E-state index is 4.96. The van der Waals surface area contributed by atoms with Gasteiger partial charge in [0.2, 0.25) is 0 Å². The maximum atomic E-state index is 4.96. The van der Waals surface area contributed by atoms with Crippen LogP contribution >= 0.6 is 45.2 Å². The quantitative estimate of drug-likeness (QED) is 0.155. The van der Waals surface area contributed by atoms with Crippen molar-refractivity contribution in [2.24, 2.45) is 0 Å². The first-order valence-corrected chi connectivity index (χ1v) is 17.1. The van der Waals surface area contributed by atoms with Gasteiger partial charge in [-0.25, -0.2) is 0 Å². The first kappa shape index (κ1) is 40.5. The van der Waals surface area contributed by atoms with E-state index in [9.17, 15) is 0 Å². The van der Waals surface area contributed by atoms with Gasteiger partial charge >= 0.3 is 0 Å². The van der Waals surface area contributed by atoms with E-state index in [0.29, 0.717) is 0 Å². The SMILES string of the molecule is C#C/C=C\C#CCCCC.CCCCC#C/C=C\C#Cc1ccc(C#C/C=C\C#CCCCC)cc1.Ic1ccc(I)cc1. The number of benzene rings is 2. The van der Waals surface area contributed by atoms with Gasteiger partial charge in [0, 0.05) is 37.5 Å². The van der Waals surface area contributed by atoms with Gasteiger partial charge in [-0.1, -0.05) is 105 Å². The Morgan fingerprint density at radius 1 is 0.500 bits per heavy atom. The highest BCUT2D eigenvalue weighted by atomic mass is 127. The normalized spacial score (nSPS) is 9.09. The van der Waals surface area contributed by atoms with Crippen molar-refractivity contribution >= 4 is 45.2 Å². The number of terminal acetylenes is 1. The first-order chi connectivity index (χ1) is 21.6. The van der Waals surface area contributed by atoms with Gasteiger partial charge in [-0.15, -0.1) is 6.42 Å². The molecular weight excluding hydrogens is 758 g/mol. The molecule has 0 saturated heterocycles. The summed E-state index contributed by atoms with van der Waals surface area (Å²) in [5.74, 6) is 32.6. The van der Waals surface area contributed by atoms with E-state index in [4.69, 9.17) is 6.42 Å². The Morgan fingerprint density at radius 3 is 1.14 bits per heavy atom. The maximum Gasteiger partial charge on any atom is 0.0249 e. The van der Waals surface area contributed by atoms with Crippen LogP contribution in [0.2, 0.25) is 0 Å². The van der Waals surface area contributed by atoms with Crippen molar-refractivity contribution in [3.8, 4) is 71.5 Å². The zero-order chi connectivity index (χ0) is 32.4. The second-order valence-electron chi connectivity index (χ2n) is 8.99. The Balaban J connectivity index is 0.000000830. The lowest BCUT2D eigenvalue weighted by Crippen LogP contribution is -1.76. The van der Waals surface area contributed by atoms with Crippen LogP contribution in [0.1, 0.15) is 89.7 Å². The van der Waals surface area contributed by atoms with Crippen LogP contribution in [-0.2, 0) is 0 Å². The molecule has 0 aliphatic rings. The highest BCUT2D eigenvalue weighted by molar-refractivity contribution is 14.1. The molecule has 0 spiro atoms. The summed E-state index contributed by atoms with van der Waals surface area (Å²) < 4.78 is 2.59. The van der Waals surface area contributed by atoms with E-state index >= 15 is 0 Å². The smallest absolute Gasteiger partial charge is 0.0249 e. The molecule has 0 amide bonds. The standard InChI is InChI=1S/C26H26.C10H12.C6H4I2/c1-3-5-7-9-11-13-15-17-19-25-21-23-26(24-22-25)20-18-16-14-12-10-8-6-4-2;1-3-5-7-9-10-8-6-4-2;7-5-1-2-6(8)4-3-5/h13-16,21-24H,3-8H2,1-2H3;1,5,7H,4,6,8H2,2H3;1-4H/b15-13-,16-14-;7-5-;. The summed E-state index contributed by atoms with van der Waals surface area (Å²) in [6.07, 6.45) is 25.4. The van der Waals surface area contributed by atoms with Gasteiger partial charge < -0.3 is 0 Å². The zero-order valence-corrected chi connectivity index (χ0v) is 30.6. The molecule has 224 valence electrons. The third kappa shape index (κ3) is 28.6. The van der Waals surface area contributed by atoms with Crippen LogP contribution in [0.5, 0.6) is 0 Å². The number of allylic oxidation sites excluding steroid dienone is 6. The zero-order valence-electron chi connectivity index (χ0n) is 26.3. The van der Waals surface area contributed by atoms with Crippen molar-refractivity contribution in [1.29, 1.82) is 0 Å². The molecule has 0 saturated carbocycles. The predicted molar refractivity (Wildman–Crippen MR) is 210 cm³/mol. The average Bonchev–Trinajstić information content (AvgIpc) is 3.04. The van der Waals surface area contributed by atoms with Gasteiger partial charge in [-0.2, -0.15) is 0 Å². The molecule has 0 bridgehead atoms. The second-order valence-corrected chi connectivity index (χ2v) is 11.5. The van der Waals surface area contributed by atoms with Gasteiger partial charge in [0.25, 0.3) is 0 Å². The third-order valence-corrected chi connectivity index (χ3v) is 6.59. The van der Waals surface area contributed by atoms with Crippen molar-refractivity contribution < 1.29 is 0 Å². The van der Waals surface area contributed by atoms with Gasteiger partial charge in [0.1, 0.15) is 0 Å². The summed E-state index contributed by atoms with van der Waals surface area (Å²) in [7, 11) is 0. The minimum absolute atomic E-state index is 0.956. The number of hydrogen-bond acceptors (Lipinski definition) is 0. The van der Waals surface area contributed by atoms with Gasteiger partial charge in [-0.3, -0.25) is 0 Å². The van der Waals surface area contributed by atoms with Gasteiger partial charge in [0.05, 0.1) is 0 Å². The molecule has 2 heteroatoms. The molecule has 0 nitrogen and oxygen atoms in total. The fourth-order valence-corrected chi connectivity index (χ4v) is 3.48. The summed E-state index contributed by atoms with van der Waals surface area (Å²) in [5.41, 5.74) is 1.94. The van der Waals surface area contributed by atoms with Crippen LogP contribution in [-0.4, -0.2) is 0 Å². The summed E-state index contributed by atoms with van der Waals surface area (Å²) in [4.78, 5) is 0. The van der Waals surface area contributed by atoms with Crippen molar-refractivity contribution in [2.45, 2.75) is 78.6 Å².